The van der Waals surface area contributed by atoms with Gasteiger partial charge in [-0.2, -0.15) is 0 Å². The molecule has 1 unspecified atom stereocenters. The van der Waals surface area contributed by atoms with Crippen LogP contribution in [-0.4, -0.2) is 30.3 Å². The Balaban J connectivity index is 2.22. The Kier molecular flexibility index (Phi) is 6.48. The van der Waals surface area contributed by atoms with Crippen molar-refractivity contribution >= 4 is 15.9 Å². The normalized spacial score (nSPS) is 13.4. The van der Waals surface area contributed by atoms with E-state index in [0.29, 0.717) is 5.56 Å². The molecule has 8 nitrogen and oxygen atoms in total. The quantitative estimate of drug-likeness (QED) is 0.776. The van der Waals surface area contributed by atoms with Crippen molar-refractivity contribution in [3.05, 3.63) is 41.3 Å². The lowest BCUT2D eigenvalue weighted by molar-refractivity contribution is 0.0477. The van der Waals surface area contributed by atoms with E-state index in [1.54, 1.807) is 32.9 Å². The molecule has 1 atom stereocenters. The van der Waals surface area contributed by atoms with Crippen LogP contribution in [0.25, 0.3) is 0 Å². The van der Waals surface area contributed by atoms with E-state index in [0.717, 1.165) is 5.56 Å². The molecule has 1 N–H and O–H groups in total. The van der Waals surface area contributed by atoms with E-state index in [9.17, 15) is 13.2 Å². The van der Waals surface area contributed by atoms with E-state index in [1.165, 1.54) is 0 Å². The summed E-state index contributed by atoms with van der Waals surface area (Å²) in [5, 5.41) is 9.74. The number of ether oxygens (including phenoxy) is 1. The predicted molar refractivity (Wildman–Crippen MR) is 103 cm³/mol. The number of alkyl carbamates (subject to hydrolysis) is 1. The molecule has 0 aliphatic rings. The summed E-state index contributed by atoms with van der Waals surface area (Å²) < 4.78 is 36.0. The maximum atomic E-state index is 12.7. The van der Waals surface area contributed by atoms with Crippen molar-refractivity contribution < 1.29 is 22.4 Å². The Bertz CT molecular complexity index is 929. The van der Waals surface area contributed by atoms with Gasteiger partial charge in [-0.15, -0.1) is 5.10 Å². The summed E-state index contributed by atoms with van der Waals surface area (Å²) in [5.74, 6) is -0.350. The van der Waals surface area contributed by atoms with Crippen molar-refractivity contribution in [3.63, 3.8) is 0 Å². The number of sulfone groups is 1. The molecule has 0 fully saturated rings. The standard InChI is InChI=1S/C19H27N3O5S/c1-12(2)15(20-17(23)27-19(4,5)6)16-21-22-18(26-16)28(24,25)11-14-10-8-7-9-13(14)3/h7-10,12,15H,11H2,1-6H3,(H,20,23). The average Bonchev–Trinajstić information content (AvgIpc) is 3.03. The van der Waals surface area contributed by atoms with Crippen LogP contribution in [0, 0.1) is 12.8 Å². The molecule has 0 radical (unpaired) electrons. The molecule has 0 aliphatic heterocycles. The van der Waals surface area contributed by atoms with Gasteiger partial charge in [-0.25, -0.2) is 13.2 Å². The van der Waals surface area contributed by atoms with Gasteiger partial charge in [0, 0.05) is 0 Å². The zero-order valence-electron chi connectivity index (χ0n) is 17.0. The van der Waals surface area contributed by atoms with Crippen molar-refractivity contribution in [2.24, 2.45) is 5.92 Å². The number of hydrogen-bond acceptors (Lipinski definition) is 7. The fraction of sp³-hybridized carbons (Fsp3) is 0.526. The second-order valence-electron chi connectivity index (χ2n) is 7.96. The Morgan fingerprint density at radius 1 is 1.21 bits per heavy atom. The fourth-order valence-electron chi connectivity index (χ4n) is 2.46. The summed E-state index contributed by atoms with van der Waals surface area (Å²) in [5.41, 5.74) is 0.856. The number of carbonyl (C=O) groups is 1. The third kappa shape index (κ3) is 5.79. The largest absolute Gasteiger partial charge is 0.444 e. The van der Waals surface area contributed by atoms with Crippen LogP contribution in [0.2, 0.25) is 0 Å². The molecule has 0 spiro atoms. The minimum Gasteiger partial charge on any atom is -0.444 e. The Morgan fingerprint density at radius 3 is 2.43 bits per heavy atom. The van der Waals surface area contributed by atoms with Gasteiger partial charge in [-0.3, -0.25) is 0 Å². The lowest BCUT2D eigenvalue weighted by atomic mass is 10.1. The molecule has 1 aromatic heterocycles. The average molecular weight is 410 g/mol. The maximum Gasteiger partial charge on any atom is 0.408 e. The Hall–Kier alpha value is -2.42. The molecule has 2 aromatic rings. The molecule has 0 saturated heterocycles. The highest BCUT2D eigenvalue weighted by Gasteiger charge is 2.30. The molecule has 1 aromatic carbocycles. The SMILES string of the molecule is Cc1ccccc1CS(=O)(=O)c1nnc(C(NC(=O)OC(C)(C)C)C(C)C)o1. The molecule has 0 bridgehead atoms. The molecule has 9 heteroatoms. The van der Waals surface area contributed by atoms with E-state index in [-0.39, 0.29) is 17.6 Å². The van der Waals surface area contributed by atoms with Crippen molar-refractivity contribution in [3.8, 4) is 0 Å². The summed E-state index contributed by atoms with van der Waals surface area (Å²) >= 11 is 0. The second-order valence-corrected chi connectivity index (χ2v) is 9.83. The molecule has 1 amide bonds. The number of aromatic nitrogens is 2. The lowest BCUT2D eigenvalue weighted by Crippen LogP contribution is -2.37. The van der Waals surface area contributed by atoms with Crippen molar-refractivity contribution in [2.75, 3.05) is 0 Å². The third-order valence-electron chi connectivity index (χ3n) is 3.90. The zero-order valence-corrected chi connectivity index (χ0v) is 17.8. The van der Waals surface area contributed by atoms with Crippen LogP contribution in [0.1, 0.15) is 57.7 Å². The molecule has 0 aliphatic carbocycles. The highest BCUT2D eigenvalue weighted by Crippen LogP contribution is 2.24. The van der Waals surface area contributed by atoms with Gasteiger partial charge in [0.1, 0.15) is 11.6 Å². The highest BCUT2D eigenvalue weighted by molar-refractivity contribution is 7.90. The summed E-state index contributed by atoms with van der Waals surface area (Å²) in [6, 6.07) is 6.52. The first-order valence-electron chi connectivity index (χ1n) is 8.99. The number of nitrogens with zero attached hydrogens (tertiary/aromatic N) is 2. The molecule has 2 rings (SSSR count). The summed E-state index contributed by atoms with van der Waals surface area (Å²) in [4.78, 5) is 12.1. The molecular weight excluding hydrogens is 382 g/mol. The first-order chi connectivity index (χ1) is 12.9. The number of carbonyl (C=O) groups excluding carboxylic acids is 1. The van der Waals surface area contributed by atoms with Gasteiger partial charge in [0.05, 0.1) is 5.75 Å². The number of aryl methyl sites for hydroxylation is 1. The summed E-state index contributed by atoms with van der Waals surface area (Å²) in [7, 11) is -3.82. The van der Waals surface area contributed by atoms with Crippen LogP contribution in [0.15, 0.2) is 33.9 Å². The number of benzene rings is 1. The van der Waals surface area contributed by atoms with Crippen molar-refractivity contribution in [1.29, 1.82) is 0 Å². The van der Waals surface area contributed by atoms with Gasteiger partial charge >= 0.3 is 11.3 Å². The molecular formula is C19H27N3O5S. The van der Waals surface area contributed by atoms with Crippen molar-refractivity contribution in [2.45, 2.75) is 64.2 Å². The monoisotopic (exact) mass is 409 g/mol. The van der Waals surface area contributed by atoms with Gasteiger partial charge in [-0.05, 0) is 44.7 Å². The van der Waals surface area contributed by atoms with Gasteiger partial charge < -0.3 is 14.5 Å². The predicted octanol–water partition coefficient (Wildman–Crippen LogP) is 3.57. The molecule has 1 heterocycles. The maximum absolute atomic E-state index is 12.7. The highest BCUT2D eigenvalue weighted by atomic mass is 32.2. The smallest absolute Gasteiger partial charge is 0.408 e. The van der Waals surface area contributed by atoms with Crippen LogP contribution in [0.3, 0.4) is 0 Å². The number of nitrogens with one attached hydrogen (secondary N) is 1. The van der Waals surface area contributed by atoms with Crippen molar-refractivity contribution in [1.82, 2.24) is 15.5 Å². The number of amides is 1. The number of hydrogen-bond donors (Lipinski definition) is 1. The molecule has 154 valence electrons. The summed E-state index contributed by atoms with van der Waals surface area (Å²) in [6.07, 6.45) is -0.645. The van der Waals surface area contributed by atoms with Crippen LogP contribution in [0.5, 0.6) is 0 Å². The third-order valence-corrected chi connectivity index (χ3v) is 5.29. The first kappa shape index (κ1) is 21.9. The van der Waals surface area contributed by atoms with Gasteiger partial charge in [0.2, 0.25) is 15.7 Å². The Labute approximate surface area is 165 Å². The van der Waals surface area contributed by atoms with Crippen LogP contribution in [-0.2, 0) is 20.3 Å². The minimum atomic E-state index is -3.82. The van der Waals surface area contributed by atoms with E-state index < -0.39 is 32.8 Å². The van der Waals surface area contributed by atoms with Crippen LogP contribution >= 0.6 is 0 Å². The van der Waals surface area contributed by atoms with E-state index in [1.807, 2.05) is 32.9 Å². The lowest BCUT2D eigenvalue weighted by Gasteiger charge is -2.23. The minimum absolute atomic E-state index is 0.0178. The van der Waals surface area contributed by atoms with E-state index in [4.69, 9.17) is 9.15 Å². The second kappa shape index (κ2) is 8.30. The van der Waals surface area contributed by atoms with E-state index >= 15 is 0 Å². The van der Waals surface area contributed by atoms with Gasteiger partial charge in [-0.1, -0.05) is 43.2 Å². The van der Waals surface area contributed by atoms with Gasteiger partial charge in [0.15, 0.2) is 0 Å². The Morgan fingerprint density at radius 2 is 1.86 bits per heavy atom. The van der Waals surface area contributed by atoms with Crippen LogP contribution in [0.4, 0.5) is 4.79 Å². The zero-order chi connectivity index (χ0) is 21.1. The van der Waals surface area contributed by atoms with Gasteiger partial charge in [0.25, 0.3) is 0 Å². The van der Waals surface area contributed by atoms with Crippen LogP contribution < -0.4 is 5.32 Å². The van der Waals surface area contributed by atoms with E-state index in [2.05, 4.69) is 15.5 Å². The molecule has 0 saturated carbocycles. The number of rotatable bonds is 6. The first-order valence-corrected chi connectivity index (χ1v) is 10.6. The topological polar surface area (TPSA) is 111 Å². The molecule has 28 heavy (non-hydrogen) atoms. The summed E-state index contributed by atoms with van der Waals surface area (Å²) in [6.45, 7) is 10.8. The fourth-order valence-corrected chi connectivity index (χ4v) is 3.69.